The van der Waals surface area contributed by atoms with Crippen LogP contribution in [0.1, 0.15) is 29.9 Å². The highest BCUT2D eigenvalue weighted by Crippen LogP contribution is 2.40. The van der Waals surface area contributed by atoms with Crippen LogP contribution in [0.5, 0.6) is 0 Å². The summed E-state index contributed by atoms with van der Waals surface area (Å²) >= 11 is 1.11. The molecule has 118 valence electrons. The number of nitrogen functional groups attached to an aromatic ring is 1. The summed E-state index contributed by atoms with van der Waals surface area (Å²) in [6.07, 6.45) is 0.948. The molecule has 1 fully saturated rings. The van der Waals surface area contributed by atoms with E-state index in [9.17, 15) is 13.2 Å². The van der Waals surface area contributed by atoms with Crippen molar-refractivity contribution in [2.24, 2.45) is 5.92 Å². The van der Waals surface area contributed by atoms with Crippen LogP contribution < -0.4 is 11.1 Å². The summed E-state index contributed by atoms with van der Waals surface area (Å²) in [7, 11) is -3.48. The van der Waals surface area contributed by atoms with Crippen LogP contribution in [0, 0.1) is 5.92 Å². The number of thiophene rings is 1. The zero-order valence-corrected chi connectivity index (χ0v) is 13.8. The van der Waals surface area contributed by atoms with Crippen molar-refractivity contribution in [2.45, 2.75) is 25.2 Å². The number of Topliss-reactive ketones (excluding diaryl/α,β-unsaturated/α-hetero) is 1. The van der Waals surface area contributed by atoms with Crippen LogP contribution in [0.25, 0.3) is 0 Å². The summed E-state index contributed by atoms with van der Waals surface area (Å²) in [5.41, 5.74) is 5.97. The van der Waals surface area contributed by atoms with Gasteiger partial charge in [0.1, 0.15) is 9.90 Å². The van der Waals surface area contributed by atoms with Crippen LogP contribution in [-0.2, 0) is 14.6 Å². The molecule has 0 spiro atoms. The second-order valence-corrected chi connectivity index (χ2v) is 8.31. The SMILES string of the molecule is CCS(=O)(=O)c1c(NCC2CCOC2)sc(C(C)=O)c1N. The number of carbonyl (C=O) groups is 1. The Labute approximate surface area is 128 Å². The number of nitrogens with one attached hydrogen (secondary N) is 1. The molecule has 0 aliphatic carbocycles. The lowest BCUT2D eigenvalue weighted by molar-refractivity contribution is 0.102. The molecular formula is C13H20N2O4S2. The fourth-order valence-electron chi connectivity index (χ4n) is 2.24. The van der Waals surface area contributed by atoms with E-state index in [1.165, 1.54) is 6.92 Å². The normalized spacial score (nSPS) is 18.9. The number of hydrogen-bond acceptors (Lipinski definition) is 7. The third-order valence-electron chi connectivity index (χ3n) is 3.49. The van der Waals surface area contributed by atoms with Crippen molar-refractivity contribution in [3.63, 3.8) is 0 Å². The molecule has 1 unspecified atom stereocenters. The Bertz CT molecular complexity index is 631. The van der Waals surface area contributed by atoms with Gasteiger partial charge in [-0.3, -0.25) is 4.79 Å². The van der Waals surface area contributed by atoms with E-state index in [0.717, 1.165) is 24.4 Å². The molecule has 0 aromatic carbocycles. The average molecular weight is 332 g/mol. The molecule has 1 aliphatic heterocycles. The van der Waals surface area contributed by atoms with E-state index in [2.05, 4.69) is 5.32 Å². The van der Waals surface area contributed by atoms with Crippen molar-refractivity contribution in [1.29, 1.82) is 0 Å². The Hall–Kier alpha value is -1.12. The molecule has 1 saturated heterocycles. The Balaban J connectivity index is 2.33. The summed E-state index contributed by atoms with van der Waals surface area (Å²) in [6.45, 7) is 4.97. The molecule has 3 N–H and O–H groups in total. The standard InChI is InChI=1S/C13H20N2O4S2/c1-3-21(17,18)12-10(14)11(8(2)16)20-13(12)15-6-9-4-5-19-7-9/h9,15H,3-7,14H2,1-2H3. The van der Waals surface area contributed by atoms with Crippen LogP contribution in [0.2, 0.25) is 0 Å². The molecule has 6 nitrogen and oxygen atoms in total. The third-order valence-corrected chi connectivity index (χ3v) is 6.69. The van der Waals surface area contributed by atoms with Crippen molar-refractivity contribution < 1.29 is 17.9 Å². The number of anilines is 2. The molecule has 8 heteroatoms. The molecule has 0 bridgehead atoms. The van der Waals surface area contributed by atoms with E-state index >= 15 is 0 Å². The minimum Gasteiger partial charge on any atom is -0.396 e. The van der Waals surface area contributed by atoms with E-state index in [1.54, 1.807) is 6.92 Å². The van der Waals surface area contributed by atoms with Gasteiger partial charge in [0.05, 0.1) is 22.9 Å². The molecule has 2 heterocycles. The Morgan fingerprint density at radius 1 is 1.52 bits per heavy atom. The van der Waals surface area contributed by atoms with Gasteiger partial charge in [0.2, 0.25) is 0 Å². The number of carbonyl (C=O) groups excluding carboxylic acids is 1. The lowest BCUT2D eigenvalue weighted by Gasteiger charge is -2.11. The van der Waals surface area contributed by atoms with Gasteiger partial charge in [0.25, 0.3) is 0 Å². The van der Waals surface area contributed by atoms with Gasteiger partial charge in [-0.15, -0.1) is 11.3 Å². The Kier molecular flexibility index (Phi) is 4.90. The zero-order chi connectivity index (χ0) is 15.6. The molecule has 0 radical (unpaired) electrons. The molecule has 1 atom stereocenters. The van der Waals surface area contributed by atoms with E-state index in [1.807, 2.05) is 0 Å². The molecule has 0 amide bonds. The maximum absolute atomic E-state index is 12.2. The van der Waals surface area contributed by atoms with Gasteiger partial charge in [0, 0.05) is 26.0 Å². The molecule has 21 heavy (non-hydrogen) atoms. The number of hydrogen-bond donors (Lipinski definition) is 2. The van der Waals surface area contributed by atoms with Gasteiger partial charge in [-0.25, -0.2) is 8.42 Å². The van der Waals surface area contributed by atoms with Crippen LogP contribution >= 0.6 is 11.3 Å². The van der Waals surface area contributed by atoms with Crippen LogP contribution in [-0.4, -0.2) is 39.7 Å². The highest BCUT2D eigenvalue weighted by atomic mass is 32.2. The largest absolute Gasteiger partial charge is 0.396 e. The van der Waals surface area contributed by atoms with Gasteiger partial charge in [-0.2, -0.15) is 0 Å². The zero-order valence-electron chi connectivity index (χ0n) is 12.1. The predicted octanol–water partition coefficient (Wildman–Crippen LogP) is 1.77. The highest BCUT2D eigenvalue weighted by Gasteiger charge is 2.28. The number of ether oxygens (including phenoxy) is 1. The van der Waals surface area contributed by atoms with Crippen molar-refractivity contribution in [3.8, 4) is 0 Å². The first-order chi connectivity index (χ1) is 9.86. The second-order valence-electron chi connectivity index (χ2n) is 5.07. The summed E-state index contributed by atoms with van der Waals surface area (Å²) in [6, 6.07) is 0. The maximum Gasteiger partial charge on any atom is 0.183 e. The molecular weight excluding hydrogens is 312 g/mol. The van der Waals surface area contributed by atoms with Crippen LogP contribution in [0.15, 0.2) is 4.90 Å². The number of nitrogens with two attached hydrogens (primary N) is 1. The molecule has 1 aliphatic rings. The van der Waals surface area contributed by atoms with Crippen LogP contribution in [0.4, 0.5) is 10.7 Å². The molecule has 1 aromatic heterocycles. The van der Waals surface area contributed by atoms with Crippen molar-refractivity contribution in [1.82, 2.24) is 0 Å². The van der Waals surface area contributed by atoms with Gasteiger partial charge in [-0.1, -0.05) is 6.92 Å². The maximum atomic E-state index is 12.2. The van der Waals surface area contributed by atoms with Crippen LogP contribution in [0.3, 0.4) is 0 Å². The second kappa shape index (κ2) is 6.33. The third kappa shape index (κ3) is 3.38. The van der Waals surface area contributed by atoms with Crippen molar-refractivity contribution in [3.05, 3.63) is 4.88 Å². The number of rotatable bonds is 6. The van der Waals surface area contributed by atoms with Crippen molar-refractivity contribution >= 4 is 37.6 Å². The lowest BCUT2D eigenvalue weighted by atomic mass is 10.1. The molecule has 2 rings (SSSR count). The minimum atomic E-state index is -3.48. The van der Waals surface area contributed by atoms with Gasteiger partial charge in [0.15, 0.2) is 15.6 Å². The summed E-state index contributed by atoms with van der Waals surface area (Å²) in [4.78, 5) is 12.0. The fourth-order valence-corrected chi connectivity index (χ4v) is 4.81. The number of ketones is 1. The topological polar surface area (TPSA) is 98.5 Å². The molecule has 0 saturated carbocycles. The van der Waals surface area contributed by atoms with E-state index in [0.29, 0.717) is 28.9 Å². The van der Waals surface area contributed by atoms with Gasteiger partial charge in [-0.05, 0) is 6.42 Å². The first-order valence-corrected chi connectivity index (χ1v) is 9.31. The monoisotopic (exact) mass is 332 g/mol. The first-order valence-electron chi connectivity index (χ1n) is 6.84. The average Bonchev–Trinajstić information content (AvgIpc) is 3.03. The molecule has 1 aromatic rings. The minimum absolute atomic E-state index is 0.0491. The smallest absolute Gasteiger partial charge is 0.183 e. The summed E-state index contributed by atoms with van der Waals surface area (Å²) in [5, 5.41) is 3.60. The van der Waals surface area contributed by atoms with Gasteiger partial charge < -0.3 is 15.8 Å². The van der Waals surface area contributed by atoms with Gasteiger partial charge >= 0.3 is 0 Å². The highest BCUT2D eigenvalue weighted by molar-refractivity contribution is 7.91. The lowest BCUT2D eigenvalue weighted by Crippen LogP contribution is -2.15. The first kappa shape index (κ1) is 16.3. The summed E-state index contributed by atoms with van der Waals surface area (Å²) in [5.74, 6) is 0.0838. The van der Waals surface area contributed by atoms with E-state index < -0.39 is 9.84 Å². The quantitative estimate of drug-likeness (QED) is 0.771. The summed E-state index contributed by atoms with van der Waals surface area (Å²) < 4.78 is 29.7. The Morgan fingerprint density at radius 3 is 2.76 bits per heavy atom. The number of sulfone groups is 1. The predicted molar refractivity (Wildman–Crippen MR) is 83.9 cm³/mol. The Morgan fingerprint density at radius 2 is 2.24 bits per heavy atom. The van der Waals surface area contributed by atoms with E-state index in [-0.39, 0.29) is 22.1 Å². The fraction of sp³-hybridized carbons (Fsp3) is 0.615. The van der Waals surface area contributed by atoms with Crippen molar-refractivity contribution in [2.75, 3.05) is 36.6 Å². The van der Waals surface area contributed by atoms with E-state index in [4.69, 9.17) is 10.5 Å².